The van der Waals surface area contributed by atoms with Crippen molar-refractivity contribution < 1.29 is 19.4 Å². The molecule has 1 aromatic heterocycles. The minimum Gasteiger partial charge on any atom is -0.481 e. The number of nitrogens with one attached hydrogen (secondary N) is 1. The lowest BCUT2D eigenvalue weighted by atomic mass is 9.85. The van der Waals surface area contributed by atoms with Gasteiger partial charge in [0.15, 0.2) is 0 Å². The Morgan fingerprint density at radius 2 is 2.40 bits per heavy atom. The predicted octanol–water partition coefficient (Wildman–Crippen LogP) is 1.68. The molecule has 2 heterocycles. The van der Waals surface area contributed by atoms with Crippen molar-refractivity contribution in [1.82, 2.24) is 5.32 Å². The van der Waals surface area contributed by atoms with E-state index in [1.54, 1.807) is 18.3 Å². The van der Waals surface area contributed by atoms with Gasteiger partial charge in [-0.3, -0.25) is 9.59 Å². The molecule has 1 aromatic rings. The maximum absolute atomic E-state index is 11.9. The molecule has 1 saturated heterocycles. The van der Waals surface area contributed by atoms with Crippen LogP contribution in [0.25, 0.3) is 0 Å². The number of thiophene rings is 1. The average Bonchev–Trinajstić information content (AvgIpc) is 3.01. The van der Waals surface area contributed by atoms with Crippen LogP contribution in [0, 0.1) is 5.41 Å². The van der Waals surface area contributed by atoms with Gasteiger partial charge in [0.05, 0.1) is 19.3 Å². The zero-order valence-corrected chi connectivity index (χ0v) is 12.2. The molecule has 0 aliphatic carbocycles. The molecule has 2 N–H and O–H groups in total. The molecular formula is C14H19NO4S. The fraction of sp³-hybridized carbons (Fsp3) is 0.571. The van der Waals surface area contributed by atoms with Gasteiger partial charge in [-0.25, -0.2) is 0 Å². The summed E-state index contributed by atoms with van der Waals surface area (Å²) in [6.45, 7) is 2.01. The van der Waals surface area contributed by atoms with E-state index in [1.807, 2.05) is 11.4 Å². The molecule has 5 nitrogen and oxygen atoms in total. The third-order valence-corrected chi connectivity index (χ3v) is 4.62. The van der Waals surface area contributed by atoms with E-state index in [0.717, 1.165) is 12.8 Å². The maximum Gasteiger partial charge on any atom is 0.313 e. The van der Waals surface area contributed by atoms with E-state index < -0.39 is 17.4 Å². The second kappa shape index (κ2) is 6.37. The predicted molar refractivity (Wildman–Crippen MR) is 75.7 cm³/mol. The highest BCUT2D eigenvalue weighted by Gasteiger charge is 2.47. The van der Waals surface area contributed by atoms with Crippen molar-refractivity contribution in [2.75, 3.05) is 13.2 Å². The molecule has 0 spiro atoms. The van der Waals surface area contributed by atoms with Crippen molar-refractivity contribution >= 4 is 23.2 Å². The summed E-state index contributed by atoms with van der Waals surface area (Å²) in [7, 11) is 0. The first-order chi connectivity index (χ1) is 9.52. The molecule has 0 aromatic carbocycles. The first-order valence-corrected chi connectivity index (χ1v) is 7.53. The summed E-state index contributed by atoms with van der Waals surface area (Å²) in [5.41, 5.74) is -1.02. The van der Waals surface area contributed by atoms with Crippen LogP contribution in [0.15, 0.2) is 17.5 Å². The number of ether oxygens (including phenoxy) is 1. The highest BCUT2D eigenvalue weighted by Crippen LogP contribution is 2.28. The van der Waals surface area contributed by atoms with E-state index in [2.05, 4.69) is 11.4 Å². The van der Waals surface area contributed by atoms with Crippen LogP contribution in [0.4, 0.5) is 0 Å². The molecule has 1 aliphatic rings. The summed E-state index contributed by atoms with van der Waals surface area (Å²) in [4.78, 5) is 24.4. The number of aryl methyl sites for hydroxylation is 1. The van der Waals surface area contributed by atoms with Crippen LogP contribution < -0.4 is 5.32 Å². The highest BCUT2D eigenvalue weighted by atomic mass is 32.1. The zero-order chi connectivity index (χ0) is 14.6. The summed E-state index contributed by atoms with van der Waals surface area (Å²) >= 11 is 1.68. The molecule has 6 heteroatoms. The Balaban J connectivity index is 1.78. The Morgan fingerprint density at radius 3 is 3.05 bits per heavy atom. The molecule has 0 saturated carbocycles. The topological polar surface area (TPSA) is 75.6 Å². The van der Waals surface area contributed by atoms with E-state index in [9.17, 15) is 14.7 Å². The quantitative estimate of drug-likeness (QED) is 0.837. The van der Waals surface area contributed by atoms with Crippen molar-refractivity contribution in [3.8, 4) is 0 Å². The number of carbonyl (C=O) groups is 2. The first-order valence-electron chi connectivity index (χ1n) is 6.65. The van der Waals surface area contributed by atoms with Crippen molar-refractivity contribution in [2.24, 2.45) is 5.41 Å². The van der Waals surface area contributed by atoms with Crippen molar-refractivity contribution in [2.45, 2.75) is 32.2 Å². The number of aliphatic carboxylic acids is 1. The summed E-state index contributed by atoms with van der Waals surface area (Å²) in [6.07, 6.45) is 2.05. The minimum absolute atomic E-state index is 0.107. The Morgan fingerprint density at radius 1 is 1.60 bits per heavy atom. The Hall–Kier alpha value is -1.40. The van der Waals surface area contributed by atoms with Crippen LogP contribution in [-0.4, -0.2) is 36.2 Å². The molecule has 2 rings (SSSR count). The van der Waals surface area contributed by atoms with Gasteiger partial charge in [0.1, 0.15) is 5.41 Å². The number of hydrogen-bond acceptors (Lipinski definition) is 4. The number of carbonyl (C=O) groups excluding carboxylic acids is 1. The van der Waals surface area contributed by atoms with Crippen LogP contribution >= 0.6 is 11.3 Å². The van der Waals surface area contributed by atoms with Gasteiger partial charge in [0.25, 0.3) is 0 Å². The van der Waals surface area contributed by atoms with Gasteiger partial charge < -0.3 is 15.2 Å². The van der Waals surface area contributed by atoms with Gasteiger partial charge in [0, 0.05) is 11.3 Å². The van der Waals surface area contributed by atoms with Crippen LogP contribution in [0.5, 0.6) is 0 Å². The third kappa shape index (κ3) is 3.37. The first kappa shape index (κ1) is 15.0. The second-order valence-electron chi connectivity index (χ2n) is 5.29. The van der Waals surface area contributed by atoms with Crippen molar-refractivity contribution in [3.05, 3.63) is 22.4 Å². The SMILES string of the molecule is CC1(C(=O)O)COCC1NC(=O)CCCc1cccs1. The lowest BCUT2D eigenvalue weighted by molar-refractivity contribution is -0.149. The van der Waals surface area contributed by atoms with Crippen LogP contribution in [-0.2, 0) is 20.7 Å². The van der Waals surface area contributed by atoms with Crippen LogP contribution in [0.3, 0.4) is 0 Å². The number of amides is 1. The summed E-state index contributed by atoms with van der Waals surface area (Å²) in [5.74, 6) is -1.04. The molecular weight excluding hydrogens is 278 g/mol. The molecule has 20 heavy (non-hydrogen) atoms. The van der Waals surface area contributed by atoms with E-state index in [0.29, 0.717) is 6.42 Å². The maximum atomic E-state index is 11.9. The third-order valence-electron chi connectivity index (χ3n) is 3.69. The monoisotopic (exact) mass is 297 g/mol. The Kier molecular flexibility index (Phi) is 4.77. The number of rotatable bonds is 6. The van der Waals surface area contributed by atoms with E-state index in [1.165, 1.54) is 4.88 Å². The van der Waals surface area contributed by atoms with Crippen molar-refractivity contribution in [3.63, 3.8) is 0 Å². The van der Waals surface area contributed by atoms with Gasteiger partial charge in [0.2, 0.25) is 5.91 Å². The molecule has 2 atom stereocenters. The van der Waals surface area contributed by atoms with Gasteiger partial charge in [-0.05, 0) is 31.2 Å². The normalized spacial score (nSPS) is 25.6. The molecule has 1 amide bonds. The summed E-state index contributed by atoms with van der Waals surface area (Å²) in [6, 6.07) is 3.59. The molecule has 1 fully saturated rings. The molecule has 0 radical (unpaired) electrons. The standard InChI is InChI=1S/C14H19NO4S/c1-14(13(17)18)9-19-8-11(14)15-12(16)6-2-4-10-5-3-7-20-10/h3,5,7,11H,2,4,6,8-9H2,1H3,(H,15,16)(H,17,18). The van der Waals surface area contributed by atoms with E-state index >= 15 is 0 Å². The summed E-state index contributed by atoms with van der Waals surface area (Å²) in [5, 5.41) is 14.0. The molecule has 110 valence electrons. The van der Waals surface area contributed by atoms with Gasteiger partial charge in [-0.15, -0.1) is 11.3 Å². The lowest BCUT2D eigenvalue weighted by Gasteiger charge is -2.25. The fourth-order valence-corrected chi connectivity index (χ4v) is 2.98. The number of carboxylic acid groups (broad SMARTS) is 1. The van der Waals surface area contributed by atoms with Gasteiger partial charge in [-0.1, -0.05) is 6.07 Å². The second-order valence-corrected chi connectivity index (χ2v) is 6.32. The van der Waals surface area contributed by atoms with Crippen LogP contribution in [0.2, 0.25) is 0 Å². The Labute approximate surface area is 121 Å². The average molecular weight is 297 g/mol. The summed E-state index contributed by atoms with van der Waals surface area (Å²) < 4.78 is 5.20. The van der Waals surface area contributed by atoms with Crippen LogP contribution in [0.1, 0.15) is 24.6 Å². The van der Waals surface area contributed by atoms with Gasteiger partial charge in [-0.2, -0.15) is 0 Å². The molecule has 2 unspecified atom stereocenters. The van der Waals surface area contributed by atoms with E-state index in [-0.39, 0.29) is 19.1 Å². The molecule has 0 bridgehead atoms. The smallest absolute Gasteiger partial charge is 0.313 e. The zero-order valence-electron chi connectivity index (χ0n) is 11.4. The minimum atomic E-state index is -1.02. The molecule has 1 aliphatic heterocycles. The number of hydrogen-bond donors (Lipinski definition) is 2. The van der Waals surface area contributed by atoms with Crippen molar-refractivity contribution in [1.29, 1.82) is 0 Å². The van der Waals surface area contributed by atoms with E-state index in [4.69, 9.17) is 4.74 Å². The number of carboxylic acids is 1. The lowest BCUT2D eigenvalue weighted by Crippen LogP contribution is -2.49. The largest absolute Gasteiger partial charge is 0.481 e. The Bertz CT molecular complexity index is 474. The fourth-order valence-electron chi connectivity index (χ4n) is 2.23. The highest BCUT2D eigenvalue weighted by molar-refractivity contribution is 7.09. The van der Waals surface area contributed by atoms with Gasteiger partial charge >= 0.3 is 5.97 Å².